The van der Waals surface area contributed by atoms with Gasteiger partial charge in [0, 0.05) is 29.8 Å². The summed E-state index contributed by atoms with van der Waals surface area (Å²) >= 11 is 1.55. The molecule has 8 heteroatoms. The molecule has 5 fully saturated rings. The first-order valence-electron chi connectivity index (χ1n) is 11.1. The Morgan fingerprint density at radius 2 is 1.76 bits per heavy atom. The largest absolute Gasteiger partial charge is 0.302 e. The normalized spacial score (nSPS) is 35.1. The van der Waals surface area contributed by atoms with Crippen LogP contribution in [0.2, 0.25) is 0 Å². The number of hydrogen-bond acceptors (Lipinski definition) is 5. The summed E-state index contributed by atoms with van der Waals surface area (Å²) in [5.74, 6) is 2.62. The van der Waals surface area contributed by atoms with Gasteiger partial charge in [0.2, 0.25) is 15.9 Å². The van der Waals surface area contributed by atoms with Crippen molar-refractivity contribution in [3.8, 4) is 0 Å². The second kappa shape index (κ2) is 7.31. The SMILES string of the molecule is CCS(=O)(=O)N1CCC(C(=O)Nc2nc(C34CC5CC(CC(C5)C3)C4)cs2)CC1. The van der Waals surface area contributed by atoms with E-state index in [9.17, 15) is 13.2 Å². The second-order valence-electron chi connectivity index (χ2n) is 9.80. The number of amides is 1. The van der Waals surface area contributed by atoms with E-state index in [0.717, 1.165) is 17.8 Å². The molecule has 4 bridgehead atoms. The Hall–Kier alpha value is -0.990. The molecule has 6 rings (SSSR count). The zero-order chi connectivity index (χ0) is 20.2. The summed E-state index contributed by atoms with van der Waals surface area (Å²) in [4.78, 5) is 17.6. The zero-order valence-corrected chi connectivity index (χ0v) is 18.7. The average Bonchev–Trinajstić information content (AvgIpc) is 3.16. The minimum atomic E-state index is -3.16. The average molecular weight is 438 g/mol. The number of rotatable bonds is 5. The van der Waals surface area contributed by atoms with E-state index in [1.807, 2.05) is 0 Å². The van der Waals surface area contributed by atoms with E-state index >= 15 is 0 Å². The highest BCUT2D eigenvalue weighted by molar-refractivity contribution is 7.89. The van der Waals surface area contributed by atoms with E-state index in [2.05, 4.69) is 10.7 Å². The van der Waals surface area contributed by atoms with Gasteiger partial charge in [0.25, 0.3) is 0 Å². The molecule has 0 aromatic carbocycles. The fourth-order valence-electron chi connectivity index (χ4n) is 6.79. The van der Waals surface area contributed by atoms with Crippen LogP contribution in [-0.2, 0) is 20.2 Å². The van der Waals surface area contributed by atoms with Crippen LogP contribution in [0, 0.1) is 23.7 Å². The minimum Gasteiger partial charge on any atom is -0.302 e. The number of carbonyl (C=O) groups is 1. The Labute approximate surface area is 177 Å². The van der Waals surface area contributed by atoms with Gasteiger partial charge in [-0.05, 0) is 76.0 Å². The van der Waals surface area contributed by atoms with Crippen LogP contribution in [0.15, 0.2) is 5.38 Å². The van der Waals surface area contributed by atoms with Crippen molar-refractivity contribution in [2.24, 2.45) is 23.7 Å². The predicted molar refractivity (Wildman–Crippen MR) is 114 cm³/mol. The molecule has 1 N–H and O–H groups in total. The molecule has 1 saturated heterocycles. The highest BCUT2D eigenvalue weighted by Crippen LogP contribution is 2.60. The van der Waals surface area contributed by atoms with Gasteiger partial charge in [0.05, 0.1) is 11.4 Å². The maximum atomic E-state index is 12.7. The zero-order valence-electron chi connectivity index (χ0n) is 17.1. The third kappa shape index (κ3) is 3.65. The van der Waals surface area contributed by atoms with E-state index in [1.165, 1.54) is 48.5 Å². The lowest BCUT2D eigenvalue weighted by Crippen LogP contribution is -2.48. The molecule has 2 heterocycles. The van der Waals surface area contributed by atoms with Gasteiger partial charge >= 0.3 is 0 Å². The van der Waals surface area contributed by atoms with Crippen molar-refractivity contribution in [2.75, 3.05) is 24.2 Å². The summed E-state index contributed by atoms with van der Waals surface area (Å²) in [6.45, 7) is 2.54. The number of hydrogen-bond donors (Lipinski definition) is 1. The van der Waals surface area contributed by atoms with Gasteiger partial charge in [-0.3, -0.25) is 4.79 Å². The lowest BCUT2D eigenvalue weighted by Gasteiger charge is -2.56. The van der Waals surface area contributed by atoms with E-state index < -0.39 is 10.0 Å². The molecule has 29 heavy (non-hydrogen) atoms. The molecular formula is C21H31N3O3S2. The van der Waals surface area contributed by atoms with E-state index in [-0.39, 0.29) is 23.0 Å². The quantitative estimate of drug-likeness (QED) is 0.763. The highest BCUT2D eigenvalue weighted by Gasteiger charge is 2.52. The molecule has 0 unspecified atom stereocenters. The van der Waals surface area contributed by atoms with Crippen LogP contribution >= 0.6 is 11.3 Å². The monoisotopic (exact) mass is 437 g/mol. The predicted octanol–water partition coefficient (Wildman–Crippen LogP) is 3.61. The minimum absolute atomic E-state index is 0.00930. The van der Waals surface area contributed by atoms with Gasteiger partial charge in [-0.15, -0.1) is 11.3 Å². The maximum absolute atomic E-state index is 12.7. The van der Waals surface area contributed by atoms with E-state index in [0.29, 0.717) is 31.1 Å². The van der Waals surface area contributed by atoms with Crippen LogP contribution in [-0.4, -0.2) is 42.5 Å². The van der Waals surface area contributed by atoms with Crippen LogP contribution in [0.1, 0.15) is 64.0 Å². The van der Waals surface area contributed by atoms with Crippen molar-refractivity contribution >= 4 is 32.4 Å². The molecule has 6 nitrogen and oxygen atoms in total. The second-order valence-corrected chi connectivity index (χ2v) is 12.9. The van der Waals surface area contributed by atoms with Crippen molar-refractivity contribution in [1.29, 1.82) is 0 Å². The molecule has 4 saturated carbocycles. The van der Waals surface area contributed by atoms with Crippen LogP contribution in [0.25, 0.3) is 0 Å². The van der Waals surface area contributed by atoms with Gasteiger partial charge in [0.1, 0.15) is 0 Å². The molecule has 5 aliphatic rings. The van der Waals surface area contributed by atoms with Crippen molar-refractivity contribution in [3.05, 3.63) is 11.1 Å². The molecule has 4 aliphatic carbocycles. The van der Waals surface area contributed by atoms with Crippen LogP contribution in [0.4, 0.5) is 5.13 Å². The van der Waals surface area contributed by atoms with Gasteiger partial charge in [-0.25, -0.2) is 17.7 Å². The van der Waals surface area contributed by atoms with Crippen molar-refractivity contribution in [1.82, 2.24) is 9.29 Å². The molecule has 1 aliphatic heterocycles. The fourth-order valence-corrected chi connectivity index (χ4v) is 8.75. The van der Waals surface area contributed by atoms with Gasteiger partial charge < -0.3 is 5.32 Å². The Bertz CT molecular complexity index is 851. The van der Waals surface area contributed by atoms with Crippen molar-refractivity contribution in [3.63, 3.8) is 0 Å². The first kappa shape index (κ1) is 19.9. The molecule has 0 radical (unpaired) electrons. The first-order chi connectivity index (χ1) is 13.9. The number of thiazole rings is 1. The Balaban J connectivity index is 1.22. The number of aromatic nitrogens is 1. The summed E-state index contributed by atoms with van der Waals surface area (Å²) in [6, 6.07) is 0. The van der Waals surface area contributed by atoms with Gasteiger partial charge in [-0.1, -0.05) is 0 Å². The summed E-state index contributed by atoms with van der Waals surface area (Å²) < 4.78 is 25.5. The smallest absolute Gasteiger partial charge is 0.229 e. The Morgan fingerprint density at radius 1 is 1.17 bits per heavy atom. The number of piperidine rings is 1. The maximum Gasteiger partial charge on any atom is 0.229 e. The number of nitrogens with one attached hydrogen (secondary N) is 1. The fraction of sp³-hybridized carbons (Fsp3) is 0.810. The highest BCUT2D eigenvalue weighted by atomic mass is 32.2. The molecule has 0 atom stereocenters. The summed E-state index contributed by atoms with van der Waals surface area (Å²) in [5, 5.41) is 5.92. The Kier molecular flexibility index (Phi) is 5.02. The summed E-state index contributed by atoms with van der Waals surface area (Å²) in [7, 11) is -3.16. The number of anilines is 1. The van der Waals surface area contributed by atoms with E-state index in [4.69, 9.17) is 4.98 Å². The molecule has 160 valence electrons. The van der Waals surface area contributed by atoms with Crippen molar-refractivity contribution in [2.45, 2.75) is 63.7 Å². The molecule has 1 aromatic heterocycles. The van der Waals surface area contributed by atoms with Crippen LogP contribution in [0.3, 0.4) is 0 Å². The molecule has 1 amide bonds. The summed E-state index contributed by atoms with van der Waals surface area (Å²) in [6.07, 6.45) is 9.25. The topological polar surface area (TPSA) is 79.4 Å². The first-order valence-corrected chi connectivity index (χ1v) is 13.6. The summed E-state index contributed by atoms with van der Waals surface area (Å²) in [5.41, 5.74) is 1.47. The molecule has 0 spiro atoms. The third-order valence-corrected chi connectivity index (χ3v) is 10.5. The molecule has 1 aromatic rings. The lowest BCUT2D eigenvalue weighted by molar-refractivity contribution is -0.120. The third-order valence-electron chi connectivity index (χ3n) is 7.90. The standard InChI is InChI=1S/C21H31N3O3S2/c1-2-29(26,27)24-5-3-17(4-6-24)19(25)23-20-22-18(13-28-20)21-10-14-7-15(11-21)9-16(8-14)12-21/h13-17H,2-12H2,1H3,(H,22,23,25). The lowest BCUT2D eigenvalue weighted by atomic mass is 9.49. The number of sulfonamides is 1. The van der Waals surface area contributed by atoms with Gasteiger partial charge in [-0.2, -0.15) is 0 Å². The number of carbonyl (C=O) groups excluding carboxylic acids is 1. The Morgan fingerprint density at radius 3 is 2.31 bits per heavy atom. The van der Waals surface area contributed by atoms with E-state index in [1.54, 1.807) is 18.3 Å². The van der Waals surface area contributed by atoms with Gasteiger partial charge in [0.15, 0.2) is 5.13 Å². The van der Waals surface area contributed by atoms with Crippen LogP contribution < -0.4 is 5.32 Å². The van der Waals surface area contributed by atoms with Crippen LogP contribution in [0.5, 0.6) is 0 Å². The number of nitrogens with zero attached hydrogens (tertiary/aromatic N) is 2. The molecular weight excluding hydrogens is 406 g/mol. The van der Waals surface area contributed by atoms with Crippen molar-refractivity contribution < 1.29 is 13.2 Å².